The topological polar surface area (TPSA) is 92.9 Å². The van der Waals surface area contributed by atoms with Crippen LogP contribution in [0.25, 0.3) is 10.9 Å². The first-order valence-corrected chi connectivity index (χ1v) is 10.9. The third kappa shape index (κ3) is 4.11. The van der Waals surface area contributed by atoms with E-state index in [0.29, 0.717) is 79.4 Å². The number of H-pyrrole nitrogens is 1. The number of halogens is 1. The Labute approximate surface area is 189 Å². The molecule has 1 fully saturated rings. The van der Waals surface area contributed by atoms with Gasteiger partial charge in [0.2, 0.25) is 0 Å². The van der Waals surface area contributed by atoms with Crippen LogP contribution in [0.5, 0.6) is 11.5 Å². The van der Waals surface area contributed by atoms with Gasteiger partial charge in [0.15, 0.2) is 11.5 Å². The molecule has 2 aliphatic rings. The van der Waals surface area contributed by atoms with Crippen molar-refractivity contribution in [2.45, 2.75) is 6.42 Å². The van der Waals surface area contributed by atoms with Gasteiger partial charge >= 0.3 is 0 Å². The number of nitrogens with one attached hydrogen (secondary N) is 2. The first kappa shape index (κ1) is 20.7. The lowest BCUT2D eigenvalue weighted by molar-refractivity contribution is 0.0300. The van der Waals surface area contributed by atoms with Gasteiger partial charge in [-0.2, -0.15) is 0 Å². The fourth-order valence-corrected chi connectivity index (χ4v) is 4.05. The number of aromatic nitrogens is 1. The molecule has 2 aliphatic heterocycles. The average Bonchev–Trinajstić information content (AvgIpc) is 3.08. The minimum Gasteiger partial charge on any atom is -0.489 e. The Kier molecular flexibility index (Phi) is 5.63. The lowest BCUT2D eigenvalue weighted by atomic mass is 10.1. The average molecular weight is 456 g/mol. The second kappa shape index (κ2) is 8.72. The summed E-state index contributed by atoms with van der Waals surface area (Å²) >= 11 is 6.05. The van der Waals surface area contributed by atoms with Gasteiger partial charge in [-0.25, -0.2) is 0 Å². The zero-order chi connectivity index (χ0) is 22.1. The number of benzene rings is 2. The van der Waals surface area contributed by atoms with E-state index >= 15 is 0 Å². The summed E-state index contributed by atoms with van der Waals surface area (Å²) in [5.74, 6) is 0.348. The zero-order valence-electron chi connectivity index (χ0n) is 17.3. The Morgan fingerprint density at radius 2 is 1.81 bits per heavy atom. The molecule has 1 saturated heterocycles. The number of morpholine rings is 1. The highest BCUT2D eigenvalue weighted by molar-refractivity contribution is 6.31. The minimum absolute atomic E-state index is 0.175. The van der Waals surface area contributed by atoms with E-state index in [1.54, 1.807) is 35.2 Å². The van der Waals surface area contributed by atoms with Crippen LogP contribution in [0.4, 0.5) is 5.69 Å². The molecule has 32 heavy (non-hydrogen) atoms. The number of aromatic amines is 1. The Balaban J connectivity index is 1.46. The van der Waals surface area contributed by atoms with Crippen molar-refractivity contribution in [1.29, 1.82) is 0 Å². The largest absolute Gasteiger partial charge is 0.489 e. The molecule has 2 N–H and O–H groups in total. The highest BCUT2D eigenvalue weighted by Crippen LogP contribution is 2.37. The molecule has 3 aromatic rings. The van der Waals surface area contributed by atoms with Crippen LogP contribution < -0.4 is 14.8 Å². The standard InChI is InChI=1S/C23H22ClN3O5/c24-15-2-3-18-14(10-15)11-19(26-18)22(28)25-16-12-17(23(29)27-4-8-30-9-5-27)21-20(13-16)31-6-1-7-32-21/h2-3,10-13,26H,1,4-9H2,(H,25,28). The molecule has 0 saturated carbocycles. The summed E-state index contributed by atoms with van der Waals surface area (Å²) in [6.45, 7) is 2.92. The second-order valence-electron chi connectivity index (χ2n) is 7.67. The quantitative estimate of drug-likeness (QED) is 0.628. The van der Waals surface area contributed by atoms with Crippen LogP contribution in [0.1, 0.15) is 27.3 Å². The number of amides is 2. The highest BCUT2D eigenvalue weighted by atomic mass is 35.5. The van der Waals surface area contributed by atoms with Gasteiger partial charge in [0.1, 0.15) is 5.69 Å². The third-order valence-electron chi connectivity index (χ3n) is 5.46. The van der Waals surface area contributed by atoms with Crippen LogP contribution in [-0.2, 0) is 4.74 Å². The Morgan fingerprint density at radius 3 is 2.66 bits per heavy atom. The number of fused-ring (bicyclic) bond motifs is 2. The molecule has 0 atom stereocenters. The Bertz CT molecular complexity index is 1190. The molecule has 5 rings (SSSR count). The van der Waals surface area contributed by atoms with E-state index in [1.165, 1.54) is 0 Å². The second-order valence-corrected chi connectivity index (χ2v) is 8.11. The predicted molar refractivity (Wildman–Crippen MR) is 120 cm³/mol. The van der Waals surface area contributed by atoms with Gasteiger partial charge in [-0.1, -0.05) is 11.6 Å². The summed E-state index contributed by atoms with van der Waals surface area (Å²) in [4.78, 5) is 31.0. The lowest BCUT2D eigenvalue weighted by Crippen LogP contribution is -2.40. The Morgan fingerprint density at radius 1 is 1.00 bits per heavy atom. The number of nitrogens with zero attached hydrogens (tertiary/aromatic N) is 1. The van der Waals surface area contributed by atoms with Crippen molar-refractivity contribution in [3.8, 4) is 11.5 Å². The maximum atomic E-state index is 13.2. The van der Waals surface area contributed by atoms with Crippen molar-refractivity contribution in [3.63, 3.8) is 0 Å². The van der Waals surface area contributed by atoms with E-state index in [1.807, 2.05) is 6.07 Å². The number of ether oxygens (including phenoxy) is 3. The molecule has 0 unspecified atom stereocenters. The van der Waals surface area contributed by atoms with Crippen molar-refractivity contribution < 1.29 is 23.8 Å². The molecule has 8 nitrogen and oxygen atoms in total. The molecule has 2 amide bonds. The van der Waals surface area contributed by atoms with Crippen molar-refractivity contribution >= 4 is 40.0 Å². The van der Waals surface area contributed by atoms with Gasteiger partial charge < -0.3 is 29.4 Å². The van der Waals surface area contributed by atoms with Crippen molar-refractivity contribution in [3.05, 3.63) is 52.7 Å². The minimum atomic E-state index is -0.336. The van der Waals surface area contributed by atoms with Gasteiger partial charge in [-0.3, -0.25) is 9.59 Å². The number of anilines is 1. The third-order valence-corrected chi connectivity index (χ3v) is 5.70. The van der Waals surface area contributed by atoms with E-state index < -0.39 is 0 Å². The van der Waals surface area contributed by atoms with Gasteiger partial charge in [0, 0.05) is 47.2 Å². The summed E-state index contributed by atoms with van der Waals surface area (Å²) < 4.78 is 17.0. The van der Waals surface area contributed by atoms with Gasteiger partial charge in [-0.05, 0) is 30.3 Å². The van der Waals surface area contributed by atoms with Crippen LogP contribution >= 0.6 is 11.6 Å². The first-order chi connectivity index (χ1) is 15.6. The van der Waals surface area contributed by atoms with Gasteiger partial charge in [0.25, 0.3) is 11.8 Å². The van der Waals surface area contributed by atoms with Crippen LogP contribution in [-0.4, -0.2) is 61.2 Å². The Hall–Kier alpha value is -3.23. The fourth-order valence-electron chi connectivity index (χ4n) is 3.87. The predicted octanol–water partition coefficient (Wildman–Crippen LogP) is 3.71. The molecule has 9 heteroatoms. The first-order valence-electron chi connectivity index (χ1n) is 10.5. The molecule has 3 heterocycles. The maximum absolute atomic E-state index is 13.2. The van der Waals surface area contributed by atoms with E-state index in [9.17, 15) is 9.59 Å². The molecule has 2 aromatic carbocycles. The molecule has 0 radical (unpaired) electrons. The van der Waals surface area contributed by atoms with Crippen molar-refractivity contribution in [1.82, 2.24) is 9.88 Å². The van der Waals surface area contributed by atoms with Crippen molar-refractivity contribution in [2.24, 2.45) is 0 Å². The van der Waals surface area contributed by atoms with Crippen LogP contribution in [0.3, 0.4) is 0 Å². The maximum Gasteiger partial charge on any atom is 0.272 e. The number of hydrogen-bond acceptors (Lipinski definition) is 5. The fraction of sp³-hybridized carbons (Fsp3) is 0.304. The monoisotopic (exact) mass is 455 g/mol. The number of hydrogen-bond donors (Lipinski definition) is 2. The molecular formula is C23H22ClN3O5. The molecule has 1 aromatic heterocycles. The van der Waals surface area contributed by atoms with Crippen LogP contribution in [0.15, 0.2) is 36.4 Å². The normalized spacial score (nSPS) is 16.0. The smallest absolute Gasteiger partial charge is 0.272 e. The molecule has 166 valence electrons. The van der Waals surface area contributed by atoms with Crippen molar-refractivity contribution in [2.75, 3.05) is 44.8 Å². The van der Waals surface area contributed by atoms with E-state index in [4.69, 9.17) is 25.8 Å². The SMILES string of the molecule is O=C(Nc1cc2c(c(C(=O)N3CCOCC3)c1)OCCCO2)c1cc2cc(Cl)ccc2[nH]1. The summed E-state index contributed by atoms with van der Waals surface area (Å²) in [6, 6.07) is 10.4. The van der Waals surface area contributed by atoms with E-state index in [2.05, 4.69) is 10.3 Å². The number of carbonyl (C=O) groups is 2. The summed E-state index contributed by atoms with van der Waals surface area (Å²) in [5.41, 5.74) is 2.01. The lowest BCUT2D eigenvalue weighted by Gasteiger charge is -2.28. The molecule has 0 bridgehead atoms. The van der Waals surface area contributed by atoms with Gasteiger partial charge in [-0.15, -0.1) is 0 Å². The number of rotatable bonds is 3. The molecular weight excluding hydrogens is 434 g/mol. The number of carbonyl (C=O) groups excluding carboxylic acids is 2. The summed E-state index contributed by atoms with van der Waals surface area (Å²) in [6.07, 6.45) is 0.708. The highest BCUT2D eigenvalue weighted by Gasteiger charge is 2.27. The molecule has 0 spiro atoms. The summed E-state index contributed by atoms with van der Waals surface area (Å²) in [5, 5.41) is 4.30. The summed E-state index contributed by atoms with van der Waals surface area (Å²) in [7, 11) is 0. The van der Waals surface area contributed by atoms with Gasteiger partial charge in [0.05, 0.1) is 32.0 Å². The molecule has 0 aliphatic carbocycles. The van der Waals surface area contributed by atoms with Crippen LogP contribution in [0, 0.1) is 0 Å². The van der Waals surface area contributed by atoms with Crippen LogP contribution in [0.2, 0.25) is 5.02 Å². The zero-order valence-corrected chi connectivity index (χ0v) is 18.0. The van der Waals surface area contributed by atoms with E-state index in [0.717, 1.165) is 10.9 Å². The van der Waals surface area contributed by atoms with E-state index in [-0.39, 0.29) is 11.8 Å².